The van der Waals surface area contributed by atoms with Gasteiger partial charge in [0.05, 0.1) is 6.04 Å². The maximum absolute atomic E-state index is 14.1. The Morgan fingerprint density at radius 1 is 1.00 bits per heavy atom. The number of rotatable bonds is 9. The number of aliphatic hydroxyl groups is 1. The van der Waals surface area contributed by atoms with Crippen molar-refractivity contribution in [2.45, 2.75) is 42.7 Å². The number of hydrogen-bond donors (Lipinski definition) is 3. The number of para-hydroxylation sites is 2. The van der Waals surface area contributed by atoms with Gasteiger partial charge in [0.25, 0.3) is 15.9 Å². The number of benzene rings is 4. The van der Waals surface area contributed by atoms with E-state index in [4.69, 9.17) is 16.3 Å². The predicted molar refractivity (Wildman–Crippen MR) is 185 cm³/mol. The summed E-state index contributed by atoms with van der Waals surface area (Å²) < 4.78 is 37.6. The van der Waals surface area contributed by atoms with Crippen LogP contribution in [0.1, 0.15) is 41.4 Å². The van der Waals surface area contributed by atoms with Crippen molar-refractivity contribution in [3.8, 4) is 5.75 Å². The van der Waals surface area contributed by atoms with Gasteiger partial charge in [0.15, 0.2) is 0 Å². The van der Waals surface area contributed by atoms with Gasteiger partial charge >= 0.3 is 0 Å². The van der Waals surface area contributed by atoms with Crippen molar-refractivity contribution in [3.05, 3.63) is 119 Å². The molecule has 0 saturated heterocycles. The number of aryl methyl sites for hydroxylation is 1. The van der Waals surface area contributed by atoms with Crippen LogP contribution in [-0.4, -0.2) is 44.2 Å². The van der Waals surface area contributed by atoms with E-state index in [2.05, 4.69) is 10.0 Å². The monoisotopic (exact) mass is 675 g/mol. The Morgan fingerprint density at radius 2 is 1.70 bits per heavy atom. The molecule has 11 heteroatoms. The molecule has 0 unspecified atom stereocenters. The van der Waals surface area contributed by atoms with Gasteiger partial charge in [-0.3, -0.25) is 4.79 Å². The highest BCUT2D eigenvalue weighted by Crippen LogP contribution is 2.42. The van der Waals surface area contributed by atoms with Crippen LogP contribution < -0.4 is 19.7 Å². The Kier molecular flexibility index (Phi) is 8.84. The highest BCUT2D eigenvalue weighted by molar-refractivity contribution is 7.91. The van der Waals surface area contributed by atoms with Gasteiger partial charge in [0.2, 0.25) is 0 Å². The fourth-order valence-corrected chi connectivity index (χ4v) is 8.84. The highest BCUT2D eigenvalue weighted by atomic mass is 35.5. The van der Waals surface area contributed by atoms with Crippen LogP contribution in [0.2, 0.25) is 5.02 Å². The molecule has 6 rings (SSSR count). The lowest BCUT2D eigenvalue weighted by Crippen LogP contribution is -2.53. The van der Waals surface area contributed by atoms with Crippen molar-refractivity contribution in [3.63, 3.8) is 0 Å². The lowest BCUT2D eigenvalue weighted by atomic mass is 9.86. The summed E-state index contributed by atoms with van der Waals surface area (Å²) in [6, 6.07) is 28.2. The molecule has 1 aliphatic rings. The Balaban J connectivity index is 1.34. The molecular formula is C35H34ClN3O5S2. The number of aliphatic hydroxyl groups excluding tert-OH is 1. The summed E-state index contributed by atoms with van der Waals surface area (Å²) in [5, 5.41) is 16.1. The minimum atomic E-state index is -4.12. The van der Waals surface area contributed by atoms with Crippen molar-refractivity contribution in [1.29, 1.82) is 0 Å². The molecule has 0 spiro atoms. The third-order valence-corrected chi connectivity index (χ3v) is 11.7. The average molecular weight is 676 g/mol. The quantitative estimate of drug-likeness (QED) is 0.153. The molecule has 0 fully saturated rings. The summed E-state index contributed by atoms with van der Waals surface area (Å²) in [5.41, 5.74) is 1.82. The van der Waals surface area contributed by atoms with Crippen LogP contribution >= 0.6 is 22.9 Å². The molecule has 0 bridgehead atoms. The first-order valence-corrected chi connectivity index (χ1v) is 17.5. The zero-order valence-corrected chi connectivity index (χ0v) is 27.9. The van der Waals surface area contributed by atoms with Crippen LogP contribution in [0.3, 0.4) is 0 Å². The summed E-state index contributed by atoms with van der Waals surface area (Å²) in [4.78, 5) is 15.8. The number of anilines is 2. The summed E-state index contributed by atoms with van der Waals surface area (Å²) in [5.74, 6) is 0.110. The van der Waals surface area contributed by atoms with E-state index in [-0.39, 0.29) is 10.1 Å². The van der Waals surface area contributed by atoms with Crippen molar-refractivity contribution < 1.29 is 23.1 Å². The number of amides is 1. The second kappa shape index (κ2) is 12.7. The van der Waals surface area contributed by atoms with Crippen LogP contribution in [0.25, 0.3) is 10.1 Å². The number of carbonyl (C=O) groups excluding carboxylic acids is 1. The molecule has 0 saturated carbocycles. The van der Waals surface area contributed by atoms with Gasteiger partial charge in [-0.25, -0.2) is 13.1 Å². The second-order valence-electron chi connectivity index (χ2n) is 11.7. The molecule has 4 aromatic carbocycles. The molecule has 1 amide bonds. The van der Waals surface area contributed by atoms with E-state index in [1.165, 1.54) is 0 Å². The number of nitrogens with zero attached hydrogens (tertiary/aromatic N) is 1. The third kappa shape index (κ3) is 6.36. The first-order chi connectivity index (χ1) is 21.9. The van der Waals surface area contributed by atoms with Crippen LogP contribution in [-0.2, 0) is 10.0 Å². The Hall–Kier alpha value is -3.93. The number of ether oxygens (including phenoxy) is 1. The summed E-state index contributed by atoms with van der Waals surface area (Å²) in [7, 11) is -4.12. The van der Waals surface area contributed by atoms with Gasteiger partial charge in [-0.15, -0.1) is 11.3 Å². The smallest absolute Gasteiger partial charge is 0.258 e. The second-order valence-corrected chi connectivity index (χ2v) is 15.1. The first-order valence-electron chi connectivity index (χ1n) is 14.8. The molecule has 8 nitrogen and oxygen atoms in total. The normalized spacial score (nSPS) is 17.2. The molecule has 0 radical (unpaired) electrons. The lowest BCUT2D eigenvalue weighted by Gasteiger charge is -2.42. The standard InChI is InChI=1S/C35H34ClN3O5S2/c1-22-27-21-24(36)15-17-30(27)45-34(22)46(42,43)38-31-28-20-23(14-16-29(28)44-35(2,3)32(31)40)33(41)39(26-12-8-5-9-13-26)19-18-37-25-10-6-4-7-11-25/h4-17,20-21,31-32,37-38,40H,18-19H2,1-3H3/t31-,32+/m1/s1. The number of hydrogen-bond acceptors (Lipinski definition) is 7. The molecular weight excluding hydrogens is 642 g/mol. The van der Waals surface area contributed by atoms with E-state index in [0.717, 1.165) is 32.8 Å². The Labute approximate surface area is 277 Å². The molecule has 2 atom stereocenters. The predicted octanol–water partition coefficient (Wildman–Crippen LogP) is 7.17. The van der Waals surface area contributed by atoms with Crippen molar-refractivity contribution in [2.75, 3.05) is 23.3 Å². The van der Waals surface area contributed by atoms with Crippen molar-refractivity contribution in [1.82, 2.24) is 4.72 Å². The van der Waals surface area contributed by atoms with Gasteiger partial charge in [-0.1, -0.05) is 48.0 Å². The molecule has 238 valence electrons. The van der Waals surface area contributed by atoms with Gasteiger partial charge in [0.1, 0.15) is 21.7 Å². The van der Waals surface area contributed by atoms with Gasteiger partial charge in [-0.2, -0.15) is 0 Å². The van der Waals surface area contributed by atoms with Gasteiger partial charge in [-0.05, 0) is 92.4 Å². The largest absolute Gasteiger partial charge is 0.485 e. The van der Waals surface area contributed by atoms with E-state index < -0.39 is 27.8 Å². The SMILES string of the molecule is Cc1c(S(=O)(=O)N[C@@H]2c3cc(C(=O)N(CCNc4ccccc4)c4ccccc4)ccc3OC(C)(C)[C@H]2O)sc2ccc(Cl)cc12. The van der Waals surface area contributed by atoms with Gasteiger partial charge in [0, 0.05) is 45.3 Å². The van der Waals surface area contributed by atoms with Crippen LogP contribution in [0, 0.1) is 6.92 Å². The van der Waals surface area contributed by atoms with Crippen LogP contribution in [0.4, 0.5) is 11.4 Å². The minimum Gasteiger partial charge on any atom is -0.485 e. The summed E-state index contributed by atoms with van der Waals surface area (Å²) in [6.45, 7) is 6.00. The van der Waals surface area contributed by atoms with E-state index in [9.17, 15) is 18.3 Å². The molecule has 5 aromatic rings. The maximum Gasteiger partial charge on any atom is 0.258 e. The van der Waals surface area contributed by atoms with Crippen LogP contribution in [0.15, 0.2) is 101 Å². The summed E-state index contributed by atoms with van der Waals surface area (Å²) in [6.07, 6.45) is -1.26. The third-order valence-electron chi connectivity index (χ3n) is 8.12. The van der Waals surface area contributed by atoms with E-state index >= 15 is 0 Å². The Morgan fingerprint density at radius 3 is 2.41 bits per heavy atom. The molecule has 1 aromatic heterocycles. The van der Waals surface area contributed by atoms with E-state index in [1.807, 2.05) is 60.7 Å². The molecule has 46 heavy (non-hydrogen) atoms. The Bertz CT molecular complexity index is 2000. The highest BCUT2D eigenvalue weighted by Gasteiger charge is 2.45. The first kappa shape index (κ1) is 32.0. The zero-order chi connectivity index (χ0) is 32.6. The number of nitrogens with one attached hydrogen (secondary N) is 2. The van der Waals surface area contributed by atoms with E-state index in [1.54, 1.807) is 62.1 Å². The molecule has 0 aliphatic carbocycles. The zero-order valence-electron chi connectivity index (χ0n) is 25.5. The number of halogens is 1. The summed E-state index contributed by atoms with van der Waals surface area (Å²) >= 11 is 7.33. The average Bonchev–Trinajstić information content (AvgIpc) is 3.38. The number of sulfonamides is 1. The number of thiophene rings is 1. The minimum absolute atomic E-state index is 0.135. The molecule has 3 N–H and O–H groups in total. The fourth-order valence-electron chi connectivity index (χ4n) is 5.69. The maximum atomic E-state index is 14.1. The fraction of sp³-hybridized carbons (Fsp3) is 0.229. The van der Waals surface area contributed by atoms with E-state index in [0.29, 0.717) is 40.6 Å². The number of fused-ring (bicyclic) bond motifs is 2. The van der Waals surface area contributed by atoms with Crippen LogP contribution in [0.5, 0.6) is 5.75 Å². The lowest BCUT2D eigenvalue weighted by molar-refractivity contribution is -0.0603. The van der Waals surface area contributed by atoms with Gasteiger partial charge < -0.3 is 20.1 Å². The van der Waals surface area contributed by atoms with Crippen molar-refractivity contribution >= 4 is 60.3 Å². The number of carbonyl (C=O) groups is 1. The topological polar surface area (TPSA) is 108 Å². The molecule has 1 aliphatic heterocycles. The molecule has 2 heterocycles. The van der Waals surface area contributed by atoms with Crippen molar-refractivity contribution in [2.24, 2.45) is 0 Å².